The fraction of sp³-hybridized carbons (Fsp3) is 0. The van der Waals surface area contributed by atoms with Gasteiger partial charge < -0.3 is 5.32 Å². The van der Waals surface area contributed by atoms with E-state index in [4.69, 9.17) is 15.8 Å². The highest BCUT2D eigenvalue weighted by atomic mass is 32.2. The van der Waals surface area contributed by atoms with E-state index in [9.17, 15) is 0 Å². The Hall–Kier alpha value is -3.34. The van der Waals surface area contributed by atoms with E-state index in [1.165, 1.54) is 11.8 Å². The molecule has 1 aromatic carbocycles. The molecular weight excluding hydrogens is 296 g/mol. The first-order valence-corrected chi connectivity index (χ1v) is 6.85. The molecule has 0 saturated carbocycles. The number of rotatable bonds is 4. The molecule has 2 aromatic rings. The zero-order chi connectivity index (χ0) is 15.8. The normalized spacial score (nSPS) is 8.95. The molecule has 0 bridgehead atoms. The minimum absolute atomic E-state index is 0.0907. The van der Waals surface area contributed by atoms with E-state index in [0.717, 1.165) is 4.90 Å². The van der Waals surface area contributed by atoms with Gasteiger partial charge in [-0.25, -0.2) is 9.97 Å². The number of allylic oxidation sites excluding steroid dienone is 2. The maximum absolute atomic E-state index is 9.10. The number of nitrogens with one attached hydrogen (secondary N) is 1. The lowest BCUT2D eigenvalue weighted by Gasteiger charge is -2.09. The van der Waals surface area contributed by atoms with E-state index in [0.29, 0.717) is 10.8 Å². The van der Waals surface area contributed by atoms with Crippen molar-refractivity contribution in [1.82, 2.24) is 9.97 Å². The molecule has 1 aromatic heterocycles. The average molecular weight is 304 g/mol. The van der Waals surface area contributed by atoms with Gasteiger partial charge in [0.1, 0.15) is 23.9 Å². The lowest BCUT2D eigenvalue weighted by Crippen LogP contribution is -2.01. The molecule has 7 heteroatoms. The SMILES string of the molecule is N#CC(C#N)=C(C#N)Nc1ccccc1Sc1ncccn1. The van der Waals surface area contributed by atoms with Crippen molar-refractivity contribution in [3.8, 4) is 18.2 Å². The topological polar surface area (TPSA) is 109 Å². The second-order valence-electron chi connectivity index (χ2n) is 3.84. The molecule has 0 aliphatic rings. The molecule has 0 unspecified atom stereocenters. The summed E-state index contributed by atoms with van der Waals surface area (Å²) in [6, 6.07) is 14.1. The molecule has 0 saturated heterocycles. The number of hydrogen-bond donors (Lipinski definition) is 1. The van der Waals surface area contributed by atoms with Gasteiger partial charge in [0.25, 0.3) is 0 Å². The molecule has 0 aliphatic carbocycles. The van der Waals surface area contributed by atoms with Crippen LogP contribution in [0.3, 0.4) is 0 Å². The fourth-order valence-corrected chi connectivity index (χ4v) is 2.31. The van der Waals surface area contributed by atoms with Crippen molar-refractivity contribution in [3.63, 3.8) is 0 Å². The van der Waals surface area contributed by atoms with Crippen molar-refractivity contribution >= 4 is 17.4 Å². The number of hydrogen-bond acceptors (Lipinski definition) is 7. The number of benzene rings is 1. The third kappa shape index (κ3) is 3.61. The van der Waals surface area contributed by atoms with Crippen LogP contribution in [0, 0.1) is 34.0 Å². The summed E-state index contributed by atoms with van der Waals surface area (Å²) < 4.78 is 0. The largest absolute Gasteiger partial charge is 0.344 e. The van der Waals surface area contributed by atoms with Crippen LogP contribution in [0.2, 0.25) is 0 Å². The summed E-state index contributed by atoms with van der Waals surface area (Å²) in [5, 5.41) is 30.2. The summed E-state index contributed by atoms with van der Waals surface area (Å²) in [7, 11) is 0. The number of aromatic nitrogens is 2. The number of para-hydroxylation sites is 1. The predicted octanol–water partition coefficient (Wildman–Crippen LogP) is 2.86. The molecule has 1 heterocycles. The van der Waals surface area contributed by atoms with Crippen LogP contribution in [-0.4, -0.2) is 9.97 Å². The summed E-state index contributed by atoms with van der Waals surface area (Å²) >= 11 is 1.31. The molecule has 0 aliphatic heterocycles. The smallest absolute Gasteiger partial charge is 0.192 e. The second kappa shape index (κ2) is 7.44. The van der Waals surface area contributed by atoms with Crippen LogP contribution < -0.4 is 5.32 Å². The van der Waals surface area contributed by atoms with Crippen molar-refractivity contribution in [3.05, 3.63) is 54.0 Å². The lowest BCUT2D eigenvalue weighted by molar-refractivity contribution is 0.967. The average Bonchev–Trinajstić information content (AvgIpc) is 2.57. The second-order valence-corrected chi connectivity index (χ2v) is 4.85. The Morgan fingerprint density at radius 1 is 0.955 bits per heavy atom. The van der Waals surface area contributed by atoms with E-state index < -0.39 is 0 Å². The van der Waals surface area contributed by atoms with Gasteiger partial charge in [0, 0.05) is 17.3 Å². The number of nitrogens with zero attached hydrogens (tertiary/aromatic N) is 5. The first-order chi connectivity index (χ1) is 10.8. The van der Waals surface area contributed by atoms with Gasteiger partial charge in [0.05, 0.1) is 5.69 Å². The van der Waals surface area contributed by atoms with Gasteiger partial charge in [-0.2, -0.15) is 15.8 Å². The van der Waals surface area contributed by atoms with Crippen LogP contribution >= 0.6 is 11.8 Å². The van der Waals surface area contributed by atoms with Crippen LogP contribution in [0.15, 0.2) is 64.0 Å². The van der Waals surface area contributed by atoms with Crippen LogP contribution in [0.25, 0.3) is 0 Å². The molecule has 0 amide bonds. The molecule has 104 valence electrons. The third-order valence-corrected chi connectivity index (χ3v) is 3.44. The fourth-order valence-electron chi connectivity index (χ4n) is 1.51. The summed E-state index contributed by atoms with van der Waals surface area (Å²) in [5.41, 5.74) is 0.241. The van der Waals surface area contributed by atoms with Crippen LogP contribution in [-0.2, 0) is 0 Å². The summed E-state index contributed by atoms with van der Waals surface area (Å²) in [6.07, 6.45) is 3.27. The number of anilines is 1. The zero-order valence-electron chi connectivity index (χ0n) is 11.2. The Labute approximate surface area is 131 Å². The van der Waals surface area contributed by atoms with E-state index in [1.807, 2.05) is 18.2 Å². The Kier molecular flexibility index (Phi) is 5.09. The van der Waals surface area contributed by atoms with Crippen molar-refractivity contribution in [2.75, 3.05) is 5.32 Å². The van der Waals surface area contributed by atoms with Gasteiger partial charge in [0.15, 0.2) is 10.7 Å². The van der Waals surface area contributed by atoms with Gasteiger partial charge in [-0.1, -0.05) is 12.1 Å². The first kappa shape index (κ1) is 15.1. The Morgan fingerprint density at radius 3 is 2.27 bits per heavy atom. The molecule has 0 atom stereocenters. The minimum atomic E-state index is -0.265. The van der Waals surface area contributed by atoms with Crippen molar-refractivity contribution in [2.45, 2.75) is 10.1 Å². The molecule has 6 nitrogen and oxygen atoms in total. The monoisotopic (exact) mass is 304 g/mol. The summed E-state index contributed by atoms with van der Waals surface area (Å²) in [4.78, 5) is 9.02. The Balaban J connectivity index is 2.34. The van der Waals surface area contributed by atoms with Crippen molar-refractivity contribution in [1.29, 1.82) is 15.8 Å². The highest BCUT2D eigenvalue weighted by molar-refractivity contribution is 7.99. The van der Waals surface area contributed by atoms with E-state index in [1.54, 1.807) is 42.7 Å². The first-order valence-electron chi connectivity index (χ1n) is 6.04. The van der Waals surface area contributed by atoms with Crippen molar-refractivity contribution in [2.24, 2.45) is 0 Å². The van der Waals surface area contributed by atoms with Gasteiger partial charge in [0.2, 0.25) is 0 Å². The molecule has 0 radical (unpaired) electrons. The maximum atomic E-state index is 9.10. The quantitative estimate of drug-likeness (QED) is 0.683. The Bertz CT molecular complexity index is 808. The Morgan fingerprint density at radius 2 is 1.64 bits per heavy atom. The van der Waals surface area contributed by atoms with E-state index in [-0.39, 0.29) is 11.3 Å². The maximum Gasteiger partial charge on any atom is 0.192 e. The van der Waals surface area contributed by atoms with Crippen LogP contribution in [0.4, 0.5) is 5.69 Å². The number of nitriles is 3. The summed E-state index contributed by atoms with van der Waals surface area (Å²) in [6.45, 7) is 0. The molecule has 0 fully saturated rings. The molecular formula is C15H8N6S. The minimum Gasteiger partial charge on any atom is -0.344 e. The summed E-state index contributed by atoms with van der Waals surface area (Å²) in [5.74, 6) is 0. The van der Waals surface area contributed by atoms with Crippen LogP contribution in [0.5, 0.6) is 0 Å². The van der Waals surface area contributed by atoms with Gasteiger partial charge in [-0.15, -0.1) is 0 Å². The zero-order valence-corrected chi connectivity index (χ0v) is 12.0. The highest BCUT2D eigenvalue weighted by Crippen LogP contribution is 2.31. The molecule has 0 spiro atoms. The lowest BCUT2D eigenvalue weighted by atomic mass is 10.2. The van der Waals surface area contributed by atoms with Gasteiger partial charge in [-0.05, 0) is 30.0 Å². The van der Waals surface area contributed by atoms with Gasteiger partial charge >= 0.3 is 0 Å². The van der Waals surface area contributed by atoms with Gasteiger partial charge in [-0.3, -0.25) is 0 Å². The highest BCUT2D eigenvalue weighted by Gasteiger charge is 2.10. The molecule has 2 rings (SSSR count). The van der Waals surface area contributed by atoms with E-state index >= 15 is 0 Å². The van der Waals surface area contributed by atoms with Crippen molar-refractivity contribution < 1.29 is 0 Å². The van der Waals surface area contributed by atoms with Crippen LogP contribution in [0.1, 0.15) is 0 Å². The molecule has 1 N–H and O–H groups in total. The third-order valence-electron chi connectivity index (χ3n) is 2.48. The van der Waals surface area contributed by atoms with E-state index in [2.05, 4.69) is 15.3 Å². The predicted molar refractivity (Wildman–Crippen MR) is 80.1 cm³/mol. The molecule has 22 heavy (non-hydrogen) atoms. The standard InChI is InChI=1S/C15H8N6S/c16-8-11(9-17)13(10-18)21-12-4-1-2-5-14(12)22-15-19-6-3-7-20-15/h1-7,21H.